The average Bonchev–Trinajstić information content (AvgIpc) is 2.39. The summed E-state index contributed by atoms with van der Waals surface area (Å²) < 4.78 is 0. The number of hydrogen-bond donors (Lipinski definition) is 2. The highest BCUT2D eigenvalue weighted by Gasteiger charge is 2.22. The fourth-order valence-electron chi connectivity index (χ4n) is 2.45. The highest BCUT2D eigenvalue weighted by molar-refractivity contribution is 6.31. The second-order valence-electron chi connectivity index (χ2n) is 4.96. The maximum Gasteiger partial charge on any atom is 0.292 e. The van der Waals surface area contributed by atoms with Gasteiger partial charge >= 0.3 is 0 Å². The summed E-state index contributed by atoms with van der Waals surface area (Å²) in [5.41, 5.74) is 0.565. The molecule has 0 saturated carbocycles. The van der Waals surface area contributed by atoms with Crippen molar-refractivity contribution in [3.8, 4) is 0 Å². The zero-order valence-corrected chi connectivity index (χ0v) is 11.6. The van der Waals surface area contributed by atoms with E-state index >= 15 is 0 Å². The van der Waals surface area contributed by atoms with Gasteiger partial charge < -0.3 is 10.6 Å². The summed E-state index contributed by atoms with van der Waals surface area (Å²) in [5.74, 6) is 0.479. The van der Waals surface area contributed by atoms with Crippen molar-refractivity contribution in [3.05, 3.63) is 33.3 Å². The maximum absolute atomic E-state index is 11.0. The Labute approximate surface area is 117 Å². The second kappa shape index (κ2) is 6.21. The molecular formula is C13H18ClN3O2. The third kappa shape index (κ3) is 3.58. The van der Waals surface area contributed by atoms with Gasteiger partial charge in [0.25, 0.3) is 5.69 Å². The molecule has 104 valence electrons. The molecule has 6 heteroatoms. The number of hydrogen-bond acceptors (Lipinski definition) is 4. The zero-order chi connectivity index (χ0) is 13.8. The van der Waals surface area contributed by atoms with Gasteiger partial charge in [0.05, 0.1) is 4.92 Å². The molecule has 1 aromatic rings. The zero-order valence-electron chi connectivity index (χ0n) is 10.9. The first-order valence-electron chi connectivity index (χ1n) is 6.49. The number of anilines is 1. The van der Waals surface area contributed by atoms with Crippen molar-refractivity contribution in [1.29, 1.82) is 0 Å². The third-order valence-corrected chi connectivity index (χ3v) is 3.82. The first kappa shape index (κ1) is 14.1. The van der Waals surface area contributed by atoms with Crippen LogP contribution in [0.1, 0.15) is 19.8 Å². The third-order valence-electron chi connectivity index (χ3n) is 3.58. The van der Waals surface area contributed by atoms with Crippen molar-refractivity contribution in [2.24, 2.45) is 5.92 Å². The largest absolute Gasteiger partial charge is 0.377 e. The molecule has 1 fully saturated rings. The molecule has 0 amide bonds. The molecule has 1 aromatic carbocycles. The topological polar surface area (TPSA) is 67.2 Å². The Kier molecular flexibility index (Phi) is 4.61. The van der Waals surface area contributed by atoms with E-state index < -0.39 is 0 Å². The molecule has 2 unspecified atom stereocenters. The number of nitrogens with one attached hydrogen (secondary N) is 2. The summed E-state index contributed by atoms with van der Waals surface area (Å²) in [7, 11) is 0. The van der Waals surface area contributed by atoms with Gasteiger partial charge in [-0.05, 0) is 50.9 Å². The van der Waals surface area contributed by atoms with Crippen molar-refractivity contribution in [2.45, 2.75) is 25.8 Å². The normalized spacial score (nSPS) is 20.8. The molecule has 1 aliphatic heterocycles. The van der Waals surface area contributed by atoms with E-state index in [2.05, 4.69) is 17.6 Å². The molecule has 1 heterocycles. The van der Waals surface area contributed by atoms with Crippen molar-refractivity contribution in [3.63, 3.8) is 0 Å². The minimum atomic E-state index is -0.384. The average molecular weight is 284 g/mol. The van der Waals surface area contributed by atoms with Crippen LogP contribution in [-0.2, 0) is 0 Å². The van der Waals surface area contributed by atoms with Crippen LogP contribution in [-0.4, -0.2) is 24.1 Å². The van der Waals surface area contributed by atoms with E-state index in [1.54, 1.807) is 6.07 Å². The van der Waals surface area contributed by atoms with Crippen LogP contribution in [0.4, 0.5) is 11.4 Å². The van der Waals surface area contributed by atoms with Gasteiger partial charge in [0.1, 0.15) is 5.69 Å². The van der Waals surface area contributed by atoms with Gasteiger partial charge in [-0.1, -0.05) is 11.6 Å². The van der Waals surface area contributed by atoms with Gasteiger partial charge in [-0.25, -0.2) is 0 Å². The molecule has 2 N–H and O–H groups in total. The number of nitrogens with zero attached hydrogens (tertiary/aromatic N) is 1. The quantitative estimate of drug-likeness (QED) is 0.658. The van der Waals surface area contributed by atoms with Gasteiger partial charge in [0, 0.05) is 17.1 Å². The number of halogens is 1. The standard InChI is InChI=1S/C13H18ClN3O2/c1-9(10-3-2-6-15-8-10)16-12-7-11(14)4-5-13(12)17(18)19/h4-5,7,9-10,15-16H,2-3,6,8H2,1H3. The van der Waals surface area contributed by atoms with Crippen LogP contribution < -0.4 is 10.6 Å². The highest BCUT2D eigenvalue weighted by atomic mass is 35.5. The summed E-state index contributed by atoms with van der Waals surface area (Å²) in [6.45, 7) is 4.06. The monoisotopic (exact) mass is 283 g/mol. The maximum atomic E-state index is 11.0. The van der Waals surface area contributed by atoms with Gasteiger partial charge in [0.15, 0.2) is 0 Å². The fourth-order valence-corrected chi connectivity index (χ4v) is 2.62. The van der Waals surface area contributed by atoms with Crippen molar-refractivity contribution in [1.82, 2.24) is 5.32 Å². The Balaban J connectivity index is 2.12. The lowest BCUT2D eigenvalue weighted by atomic mass is 9.92. The van der Waals surface area contributed by atoms with Crippen molar-refractivity contribution < 1.29 is 4.92 Å². The number of nitro groups is 1. The first-order chi connectivity index (χ1) is 9.08. The highest BCUT2D eigenvalue weighted by Crippen LogP contribution is 2.29. The number of nitro benzene ring substituents is 1. The Bertz CT molecular complexity index is 461. The summed E-state index contributed by atoms with van der Waals surface area (Å²) in [6.07, 6.45) is 2.28. The lowest BCUT2D eigenvalue weighted by Gasteiger charge is -2.29. The van der Waals surface area contributed by atoms with E-state index in [4.69, 9.17) is 11.6 Å². The van der Waals surface area contributed by atoms with Crippen LogP contribution in [0.3, 0.4) is 0 Å². The molecule has 0 aromatic heterocycles. The van der Waals surface area contributed by atoms with Crippen LogP contribution in [0.15, 0.2) is 18.2 Å². The molecule has 0 spiro atoms. The molecule has 0 aliphatic carbocycles. The minimum absolute atomic E-state index is 0.0695. The lowest BCUT2D eigenvalue weighted by Crippen LogP contribution is -2.38. The van der Waals surface area contributed by atoms with Crippen LogP contribution in [0, 0.1) is 16.0 Å². The minimum Gasteiger partial charge on any atom is -0.377 e. The van der Waals surface area contributed by atoms with Crippen LogP contribution >= 0.6 is 11.6 Å². The van der Waals surface area contributed by atoms with Gasteiger partial charge in [-0.3, -0.25) is 10.1 Å². The van der Waals surface area contributed by atoms with Crippen molar-refractivity contribution in [2.75, 3.05) is 18.4 Å². The predicted molar refractivity (Wildman–Crippen MR) is 76.8 cm³/mol. The van der Waals surface area contributed by atoms with Crippen LogP contribution in [0.25, 0.3) is 0 Å². The number of piperidine rings is 1. The van der Waals surface area contributed by atoms with E-state index in [0.717, 1.165) is 25.9 Å². The SMILES string of the molecule is CC(Nc1cc(Cl)ccc1[N+](=O)[O-])C1CCCNC1. The summed E-state index contributed by atoms with van der Waals surface area (Å²) in [6, 6.07) is 4.77. The van der Waals surface area contributed by atoms with Gasteiger partial charge in [0.2, 0.25) is 0 Å². The number of benzene rings is 1. The van der Waals surface area contributed by atoms with E-state index in [-0.39, 0.29) is 16.7 Å². The molecule has 5 nitrogen and oxygen atoms in total. The lowest BCUT2D eigenvalue weighted by molar-refractivity contribution is -0.384. The molecule has 2 rings (SSSR count). The molecule has 19 heavy (non-hydrogen) atoms. The molecule has 0 radical (unpaired) electrons. The first-order valence-corrected chi connectivity index (χ1v) is 6.87. The molecule has 1 saturated heterocycles. The van der Waals surface area contributed by atoms with Crippen LogP contribution in [0.5, 0.6) is 0 Å². The summed E-state index contributed by atoms with van der Waals surface area (Å²) in [5, 5.41) is 18.1. The van der Waals surface area contributed by atoms with E-state index in [9.17, 15) is 10.1 Å². The molecular weight excluding hydrogens is 266 g/mol. The summed E-state index contributed by atoms with van der Waals surface area (Å²) >= 11 is 5.92. The Morgan fingerprint density at radius 3 is 3.00 bits per heavy atom. The number of rotatable bonds is 4. The summed E-state index contributed by atoms with van der Waals surface area (Å²) in [4.78, 5) is 10.6. The molecule has 2 atom stereocenters. The van der Waals surface area contributed by atoms with Crippen LogP contribution in [0.2, 0.25) is 5.02 Å². The Morgan fingerprint density at radius 1 is 1.58 bits per heavy atom. The Morgan fingerprint density at radius 2 is 2.37 bits per heavy atom. The van der Waals surface area contributed by atoms with Gasteiger partial charge in [-0.15, -0.1) is 0 Å². The van der Waals surface area contributed by atoms with E-state index in [1.807, 2.05) is 0 Å². The van der Waals surface area contributed by atoms with E-state index in [1.165, 1.54) is 12.1 Å². The smallest absolute Gasteiger partial charge is 0.292 e. The Hall–Kier alpha value is -1.33. The fraction of sp³-hybridized carbons (Fsp3) is 0.538. The van der Waals surface area contributed by atoms with Crippen molar-refractivity contribution >= 4 is 23.0 Å². The van der Waals surface area contributed by atoms with Gasteiger partial charge in [-0.2, -0.15) is 0 Å². The molecule has 0 bridgehead atoms. The predicted octanol–water partition coefficient (Wildman–Crippen LogP) is 3.05. The molecule has 1 aliphatic rings. The second-order valence-corrected chi connectivity index (χ2v) is 5.39. The van der Waals surface area contributed by atoms with E-state index in [0.29, 0.717) is 16.6 Å².